The minimum absolute atomic E-state index is 0.00585. The monoisotopic (exact) mass is 378 g/mol. The lowest BCUT2D eigenvalue weighted by Crippen LogP contribution is -2.28. The number of hydrogen-bond donors (Lipinski definition) is 0. The van der Waals surface area contributed by atoms with Gasteiger partial charge in [0.15, 0.2) is 0 Å². The van der Waals surface area contributed by atoms with Crippen LogP contribution in [0.25, 0.3) is 6.08 Å². The van der Waals surface area contributed by atoms with E-state index in [1.54, 1.807) is 50.4 Å². The van der Waals surface area contributed by atoms with Crippen molar-refractivity contribution in [1.82, 2.24) is 4.90 Å². The van der Waals surface area contributed by atoms with Gasteiger partial charge in [-0.25, -0.2) is 0 Å². The lowest BCUT2D eigenvalue weighted by molar-refractivity contribution is -0.384. The Bertz CT molecular complexity index is 837. The van der Waals surface area contributed by atoms with Crippen LogP contribution < -0.4 is 0 Å². The number of carbonyl (C=O) groups is 1. The predicted octanol–water partition coefficient (Wildman–Crippen LogP) is 5.13. The maximum Gasteiger partial charge on any atom is 0.269 e. The number of hydrogen-bond acceptors (Lipinski definition) is 3. The molecule has 0 saturated carbocycles. The Hall–Kier alpha value is -2.37. The summed E-state index contributed by atoms with van der Waals surface area (Å²) in [7, 11) is 1.64. The molecule has 0 aliphatic rings. The highest BCUT2D eigenvalue weighted by molar-refractivity contribution is 6.35. The Labute approximate surface area is 155 Å². The smallest absolute Gasteiger partial charge is 0.269 e. The second-order valence-electron chi connectivity index (χ2n) is 5.48. The molecule has 0 spiro atoms. The number of halogens is 2. The Kier molecular flexibility index (Phi) is 6.17. The van der Waals surface area contributed by atoms with E-state index in [0.717, 1.165) is 0 Å². The second kappa shape index (κ2) is 8.14. The fraction of sp³-hybridized carbons (Fsp3) is 0.167. The number of nitro benzene ring substituents is 1. The summed E-state index contributed by atoms with van der Waals surface area (Å²) in [4.78, 5) is 24.3. The molecule has 25 heavy (non-hydrogen) atoms. The van der Waals surface area contributed by atoms with Crippen molar-refractivity contribution in [2.24, 2.45) is 0 Å². The summed E-state index contributed by atoms with van der Waals surface area (Å²) in [5, 5.41) is 11.9. The summed E-state index contributed by atoms with van der Waals surface area (Å²) in [5.41, 5.74) is 1.35. The number of likely N-dealkylation sites (N-methyl/N-ethyl adjacent to an activating group) is 1. The molecule has 2 aromatic carbocycles. The maximum atomic E-state index is 12.4. The van der Waals surface area contributed by atoms with Crippen molar-refractivity contribution in [2.45, 2.75) is 13.0 Å². The molecule has 0 radical (unpaired) electrons. The van der Waals surface area contributed by atoms with Crippen LogP contribution in [0, 0.1) is 10.1 Å². The van der Waals surface area contributed by atoms with Crippen LogP contribution in [0.1, 0.15) is 24.1 Å². The third kappa shape index (κ3) is 4.81. The molecule has 0 aliphatic carbocycles. The van der Waals surface area contributed by atoms with Crippen LogP contribution in [0.15, 0.2) is 48.5 Å². The topological polar surface area (TPSA) is 63.5 Å². The Morgan fingerprint density at radius 1 is 1.24 bits per heavy atom. The van der Waals surface area contributed by atoms with Crippen LogP contribution in [-0.4, -0.2) is 22.8 Å². The zero-order valence-electron chi connectivity index (χ0n) is 13.6. The molecule has 130 valence electrons. The van der Waals surface area contributed by atoms with Gasteiger partial charge in [-0.2, -0.15) is 0 Å². The summed E-state index contributed by atoms with van der Waals surface area (Å²) < 4.78 is 0. The van der Waals surface area contributed by atoms with Gasteiger partial charge in [-0.3, -0.25) is 14.9 Å². The SMILES string of the molecule is C[C@@H](c1cccc([N+](=O)[O-])c1)N(C)C(=O)/C=C/c1ccc(Cl)cc1Cl. The van der Waals surface area contributed by atoms with Crippen LogP contribution >= 0.6 is 23.2 Å². The fourth-order valence-corrected chi connectivity index (χ4v) is 2.70. The van der Waals surface area contributed by atoms with E-state index >= 15 is 0 Å². The van der Waals surface area contributed by atoms with E-state index in [-0.39, 0.29) is 17.6 Å². The van der Waals surface area contributed by atoms with Crippen molar-refractivity contribution in [3.8, 4) is 0 Å². The average Bonchev–Trinajstić information content (AvgIpc) is 2.59. The Balaban J connectivity index is 2.14. The van der Waals surface area contributed by atoms with E-state index in [9.17, 15) is 14.9 Å². The largest absolute Gasteiger partial charge is 0.335 e. The number of benzene rings is 2. The lowest BCUT2D eigenvalue weighted by Gasteiger charge is -2.24. The number of nitrogens with zero attached hydrogens (tertiary/aromatic N) is 2. The molecule has 2 aromatic rings. The van der Waals surface area contributed by atoms with Crippen molar-refractivity contribution < 1.29 is 9.72 Å². The van der Waals surface area contributed by atoms with Crippen molar-refractivity contribution in [3.05, 3.63) is 79.8 Å². The number of carbonyl (C=O) groups excluding carboxylic acids is 1. The first kappa shape index (κ1) is 19.0. The zero-order valence-corrected chi connectivity index (χ0v) is 15.2. The number of rotatable bonds is 5. The van der Waals surface area contributed by atoms with Gasteiger partial charge in [-0.1, -0.05) is 41.4 Å². The zero-order chi connectivity index (χ0) is 18.6. The van der Waals surface area contributed by atoms with Gasteiger partial charge in [0.25, 0.3) is 5.69 Å². The summed E-state index contributed by atoms with van der Waals surface area (Å²) in [6, 6.07) is 10.9. The molecule has 0 saturated heterocycles. The van der Waals surface area contributed by atoms with Crippen molar-refractivity contribution in [3.63, 3.8) is 0 Å². The van der Waals surface area contributed by atoms with Gasteiger partial charge in [0.05, 0.1) is 11.0 Å². The normalized spacial score (nSPS) is 12.2. The fourth-order valence-electron chi connectivity index (χ4n) is 2.23. The van der Waals surface area contributed by atoms with Crippen molar-refractivity contribution in [2.75, 3.05) is 7.05 Å². The molecule has 1 amide bonds. The van der Waals surface area contributed by atoms with Crippen LogP contribution in [-0.2, 0) is 4.79 Å². The summed E-state index contributed by atoms with van der Waals surface area (Å²) in [6.07, 6.45) is 3.01. The molecule has 0 bridgehead atoms. The first-order valence-corrected chi connectivity index (χ1v) is 8.19. The van der Waals surface area contributed by atoms with Gasteiger partial charge in [-0.15, -0.1) is 0 Å². The molecule has 5 nitrogen and oxygen atoms in total. The van der Waals surface area contributed by atoms with Gasteiger partial charge in [-0.05, 0) is 36.3 Å². The van der Waals surface area contributed by atoms with E-state index in [2.05, 4.69) is 0 Å². The van der Waals surface area contributed by atoms with Crippen LogP contribution in [0.2, 0.25) is 10.0 Å². The van der Waals surface area contributed by atoms with Gasteiger partial charge < -0.3 is 4.90 Å². The first-order chi connectivity index (χ1) is 11.8. The molecule has 0 aliphatic heterocycles. The van der Waals surface area contributed by atoms with Gasteiger partial charge in [0.2, 0.25) is 5.91 Å². The first-order valence-electron chi connectivity index (χ1n) is 7.44. The Morgan fingerprint density at radius 2 is 1.96 bits per heavy atom. The second-order valence-corrected chi connectivity index (χ2v) is 6.32. The number of nitro groups is 1. The van der Waals surface area contributed by atoms with E-state index in [0.29, 0.717) is 21.2 Å². The lowest BCUT2D eigenvalue weighted by atomic mass is 10.1. The van der Waals surface area contributed by atoms with Gasteiger partial charge >= 0.3 is 0 Å². The van der Waals surface area contributed by atoms with Crippen LogP contribution in [0.3, 0.4) is 0 Å². The van der Waals surface area contributed by atoms with Crippen molar-refractivity contribution >= 4 is 40.9 Å². The van der Waals surface area contributed by atoms with E-state index in [1.807, 2.05) is 0 Å². The third-order valence-electron chi connectivity index (χ3n) is 3.86. The molecule has 0 fully saturated rings. The number of non-ortho nitro benzene ring substituents is 1. The molecular formula is C18H16Cl2N2O3. The van der Waals surface area contributed by atoms with E-state index < -0.39 is 4.92 Å². The molecular weight excluding hydrogens is 363 g/mol. The van der Waals surface area contributed by atoms with Gasteiger partial charge in [0, 0.05) is 35.3 Å². The minimum Gasteiger partial charge on any atom is -0.335 e. The van der Waals surface area contributed by atoms with E-state index in [1.165, 1.54) is 23.1 Å². The maximum absolute atomic E-state index is 12.4. The molecule has 0 N–H and O–H groups in total. The Morgan fingerprint density at radius 3 is 2.60 bits per heavy atom. The molecule has 2 rings (SSSR count). The minimum atomic E-state index is -0.458. The van der Waals surface area contributed by atoms with Crippen LogP contribution in [0.4, 0.5) is 5.69 Å². The molecule has 0 heterocycles. The predicted molar refractivity (Wildman–Crippen MR) is 99.8 cm³/mol. The molecule has 0 aromatic heterocycles. The molecule has 7 heteroatoms. The summed E-state index contributed by atoms with van der Waals surface area (Å²) in [6.45, 7) is 1.81. The number of amides is 1. The molecule has 0 unspecified atom stereocenters. The summed E-state index contributed by atoms with van der Waals surface area (Å²) >= 11 is 11.9. The standard InChI is InChI=1S/C18H16Cl2N2O3/c1-12(14-4-3-5-16(10-14)22(24)25)21(2)18(23)9-7-13-6-8-15(19)11-17(13)20/h3-12H,1-2H3/b9-7+/t12-/m0/s1. The molecule has 1 atom stereocenters. The quantitative estimate of drug-likeness (QED) is 0.411. The van der Waals surface area contributed by atoms with Gasteiger partial charge in [0.1, 0.15) is 0 Å². The average molecular weight is 379 g/mol. The summed E-state index contributed by atoms with van der Waals surface area (Å²) in [5.74, 6) is -0.245. The third-order valence-corrected chi connectivity index (χ3v) is 4.42. The van der Waals surface area contributed by atoms with Crippen molar-refractivity contribution in [1.29, 1.82) is 0 Å². The van der Waals surface area contributed by atoms with Crippen LogP contribution in [0.5, 0.6) is 0 Å². The van der Waals surface area contributed by atoms with E-state index in [4.69, 9.17) is 23.2 Å². The highest BCUT2D eigenvalue weighted by Crippen LogP contribution is 2.24. The highest BCUT2D eigenvalue weighted by atomic mass is 35.5. The highest BCUT2D eigenvalue weighted by Gasteiger charge is 2.17.